The molecule has 0 fully saturated rings. The van der Waals surface area contributed by atoms with E-state index in [1.165, 1.54) is 5.56 Å². The molecule has 5 aromatic rings. The number of rotatable bonds is 7. The van der Waals surface area contributed by atoms with Gasteiger partial charge in [-0.25, -0.2) is 4.68 Å². The van der Waals surface area contributed by atoms with E-state index in [4.69, 9.17) is 4.42 Å². The molecule has 208 valence electrons. The first kappa shape index (κ1) is 27.5. The van der Waals surface area contributed by atoms with Crippen molar-refractivity contribution in [3.8, 4) is 0 Å². The van der Waals surface area contributed by atoms with Crippen molar-refractivity contribution in [2.75, 3.05) is 0 Å². The number of tetrazole rings is 1. The van der Waals surface area contributed by atoms with Crippen molar-refractivity contribution in [3.63, 3.8) is 0 Å². The van der Waals surface area contributed by atoms with Gasteiger partial charge in [-0.05, 0) is 83.8 Å². The van der Waals surface area contributed by atoms with Crippen molar-refractivity contribution < 1.29 is 4.42 Å². The second-order valence-corrected chi connectivity index (χ2v) is 12.5. The summed E-state index contributed by atoms with van der Waals surface area (Å²) < 4.78 is 7.61. The Morgan fingerprint density at radius 3 is 2.38 bits per heavy atom. The van der Waals surface area contributed by atoms with Gasteiger partial charge >= 0.3 is 0 Å². The number of furan rings is 1. The highest BCUT2D eigenvalue weighted by Crippen LogP contribution is 2.33. The molecule has 3 aromatic heterocycles. The van der Waals surface area contributed by atoms with Gasteiger partial charge < -0.3 is 9.40 Å². The van der Waals surface area contributed by atoms with Crippen LogP contribution in [0.5, 0.6) is 0 Å². The molecule has 2 aromatic carbocycles. The Labute approximate surface area is 235 Å². The van der Waals surface area contributed by atoms with E-state index in [1.807, 2.05) is 48.0 Å². The number of hydrogen-bond acceptors (Lipinski definition) is 6. The van der Waals surface area contributed by atoms with Crippen LogP contribution in [0.3, 0.4) is 0 Å². The number of fused-ring (bicyclic) bond motifs is 1. The molecule has 0 unspecified atom stereocenters. The molecule has 0 saturated carbocycles. The van der Waals surface area contributed by atoms with Gasteiger partial charge in [0.1, 0.15) is 11.8 Å². The summed E-state index contributed by atoms with van der Waals surface area (Å²) in [5, 5.41) is 13.9. The van der Waals surface area contributed by atoms with Crippen LogP contribution in [0.2, 0.25) is 0 Å². The molecule has 5 rings (SSSR count). The predicted octanol–water partition coefficient (Wildman–Crippen LogP) is 6.26. The minimum Gasteiger partial charge on any atom is -0.468 e. The first-order valence-electron chi connectivity index (χ1n) is 13.7. The molecule has 0 radical (unpaired) electrons. The Kier molecular flexibility index (Phi) is 7.23. The van der Waals surface area contributed by atoms with Crippen LogP contribution in [0.1, 0.15) is 81.4 Å². The summed E-state index contributed by atoms with van der Waals surface area (Å²) in [5.41, 5.74) is 4.31. The zero-order chi connectivity index (χ0) is 28.7. The van der Waals surface area contributed by atoms with E-state index < -0.39 is 11.6 Å². The molecule has 0 bridgehead atoms. The summed E-state index contributed by atoms with van der Waals surface area (Å²) in [6.45, 7) is 15.8. The predicted molar refractivity (Wildman–Crippen MR) is 157 cm³/mol. The largest absolute Gasteiger partial charge is 0.468 e. The van der Waals surface area contributed by atoms with Crippen LogP contribution < -0.4 is 5.56 Å². The number of benzene rings is 2. The van der Waals surface area contributed by atoms with Crippen LogP contribution in [0.25, 0.3) is 10.9 Å². The van der Waals surface area contributed by atoms with Gasteiger partial charge in [0.25, 0.3) is 5.56 Å². The Hall–Kier alpha value is -4.04. The van der Waals surface area contributed by atoms with E-state index in [0.29, 0.717) is 24.5 Å². The van der Waals surface area contributed by atoms with E-state index in [9.17, 15) is 4.79 Å². The molecular formula is C32H38N6O2. The van der Waals surface area contributed by atoms with Gasteiger partial charge in [0.05, 0.1) is 23.9 Å². The molecule has 8 nitrogen and oxygen atoms in total. The van der Waals surface area contributed by atoms with Gasteiger partial charge in [-0.15, -0.1) is 5.10 Å². The minimum atomic E-state index is -0.546. The SMILES string of the molecule is Cc1cccc2cc([C@@H](c3nnnn3C(C)(C)C)N(Cc3ccc(C(C)(C)C)cc3)Cc3ccco3)c(=O)[nH]c12. The van der Waals surface area contributed by atoms with E-state index in [-0.39, 0.29) is 11.0 Å². The quantitative estimate of drug-likeness (QED) is 0.263. The van der Waals surface area contributed by atoms with Gasteiger partial charge in [-0.3, -0.25) is 9.69 Å². The lowest BCUT2D eigenvalue weighted by Gasteiger charge is -2.32. The summed E-state index contributed by atoms with van der Waals surface area (Å²) in [6.07, 6.45) is 1.67. The van der Waals surface area contributed by atoms with Gasteiger partial charge in [-0.1, -0.05) is 63.2 Å². The number of hydrogen-bond donors (Lipinski definition) is 1. The van der Waals surface area contributed by atoms with Crippen LogP contribution in [0.4, 0.5) is 0 Å². The Bertz CT molecular complexity index is 1650. The second-order valence-electron chi connectivity index (χ2n) is 12.5. The lowest BCUT2D eigenvalue weighted by molar-refractivity contribution is 0.171. The first-order chi connectivity index (χ1) is 18.9. The third-order valence-electron chi connectivity index (χ3n) is 7.29. The Morgan fingerprint density at radius 2 is 1.73 bits per heavy atom. The van der Waals surface area contributed by atoms with Crippen LogP contribution >= 0.6 is 0 Å². The molecule has 0 amide bonds. The normalized spacial score (nSPS) is 13.3. The average molecular weight is 539 g/mol. The number of para-hydroxylation sites is 1. The molecule has 40 heavy (non-hydrogen) atoms. The molecule has 0 aliphatic rings. The van der Waals surface area contributed by atoms with E-state index in [0.717, 1.165) is 27.8 Å². The molecule has 3 heterocycles. The van der Waals surface area contributed by atoms with Gasteiger partial charge in [0.15, 0.2) is 5.82 Å². The van der Waals surface area contributed by atoms with E-state index in [2.05, 4.69) is 91.2 Å². The molecule has 0 saturated heterocycles. The van der Waals surface area contributed by atoms with Crippen molar-refractivity contribution in [1.82, 2.24) is 30.1 Å². The van der Waals surface area contributed by atoms with Crippen LogP contribution in [0, 0.1) is 6.92 Å². The highest BCUT2D eigenvalue weighted by Gasteiger charge is 2.34. The number of aryl methyl sites for hydroxylation is 1. The topological polar surface area (TPSA) is 92.8 Å². The van der Waals surface area contributed by atoms with Crippen molar-refractivity contribution >= 4 is 10.9 Å². The molecule has 1 atom stereocenters. The summed E-state index contributed by atoms with van der Waals surface area (Å²) in [7, 11) is 0. The molecule has 8 heteroatoms. The third-order valence-corrected chi connectivity index (χ3v) is 7.29. The number of nitrogens with one attached hydrogen (secondary N) is 1. The van der Waals surface area contributed by atoms with Crippen molar-refractivity contribution in [1.29, 1.82) is 0 Å². The summed E-state index contributed by atoms with van der Waals surface area (Å²) in [5.74, 6) is 1.39. The number of pyridine rings is 1. The number of nitrogens with zero attached hydrogens (tertiary/aromatic N) is 5. The monoisotopic (exact) mass is 538 g/mol. The fraction of sp³-hybridized carbons (Fsp3) is 0.375. The summed E-state index contributed by atoms with van der Waals surface area (Å²) in [4.78, 5) is 19.2. The molecule has 1 N–H and O–H groups in total. The van der Waals surface area contributed by atoms with Crippen LogP contribution in [-0.2, 0) is 24.0 Å². The van der Waals surface area contributed by atoms with Crippen LogP contribution in [-0.4, -0.2) is 30.1 Å². The van der Waals surface area contributed by atoms with Crippen molar-refractivity contribution in [2.24, 2.45) is 0 Å². The zero-order valence-corrected chi connectivity index (χ0v) is 24.4. The number of aromatic amines is 1. The molecule has 0 aliphatic carbocycles. The Morgan fingerprint density at radius 1 is 0.975 bits per heavy atom. The maximum Gasteiger partial charge on any atom is 0.253 e. The standard InChI is InChI=1S/C32H38N6O2/c1-21-10-8-11-23-18-26(30(39)33-27(21)23)28(29-34-35-36-38(29)32(5,6)7)37(20-25-12-9-17-40-25)19-22-13-15-24(16-14-22)31(2,3)4/h8-18,28H,19-20H2,1-7H3,(H,33,39)/t28-/m0/s1. The fourth-order valence-corrected chi connectivity index (χ4v) is 5.13. The first-order valence-corrected chi connectivity index (χ1v) is 13.7. The maximum atomic E-state index is 13.8. The number of aromatic nitrogens is 5. The average Bonchev–Trinajstić information content (AvgIpc) is 3.57. The van der Waals surface area contributed by atoms with Gasteiger partial charge in [-0.2, -0.15) is 0 Å². The number of H-pyrrole nitrogens is 1. The fourth-order valence-electron chi connectivity index (χ4n) is 5.13. The van der Waals surface area contributed by atoms with Gasteiger partial charge in [0, 0.05) is 12.1 Å². The maximum absolute atomic E-state index is 13.8. The third kappa shape index (κ3) is 5.63. The summed E-state index contributed by atoms with van der Waals surface area (Å²) in [6, 6.07) is 20.0. The Balaban J connectivity index is 1.69. The highest BCUT2D eigenvalue weighted by atomic mass is 16.3. The van der Waals surface area contributed by atoms with E-state index in [1.54, 1.807) is 6.26 Å². The smallest absolute Gasteiger partial charge is 0.253 e. The zero-order valence-electron chi connectivity index (χ0n) is 24.4. The summed E-state index contributed by atoms with van der Waals surface area (Å²) >= 11 is 0. The lowest BCUT2D eigenvalue weighted by Crippen LogP contribution is -2.37. The molecule has 0 aliphatic heterocycles. The minimum absolute atomic E-state index is 0.0558. The molecular weight excluding hydrogens is 500 g/mol. The van der Waals surface area contributed by atoms with Crippen molar-refractivity contribution in [3.05, 3.63) is 111 Å². The molecule has 0 spiro atoms. The lowest BCUT2D eigenvalue weighted by atomic mass is 9.86. The van der Waals surface area contributed by atoms with Crippen LogP contribution in [0.15, 0.2) is 76.1 Å². The second kappa shape index (κ2) is 10.5. The van der Waals surface area contributed by atoms with Crippen molar-refractivity contribution in [2.45, 2.75) is 78.6 Å². The van der Waals surface area contributed by atoms with Gasteiger partial charge in [0.2, 0.25) is 0 Å². The highest BCUT2D eigenvalue weighted by molar-refractivity contribution is 5.82. The van der Waals surface area contributed by atoms with E-state index >= 15 is 0 Å².